The SMILES string of the molecule is COCc1nc(N(C)C2CCCCC2)sc1C=O. The zero-order valence-corrected chi connectivity index (χ0v) is 11.8. The summed E-state index contributed by atoms with van der Waals surface area (Å²) in [7, 11) is 3.71. The predicted molar refractivity (Wildman–Crippen MR) is 73.5 cm³/mol. The molecule has 1 aliphatic rings. The largest absolute Gasteiger partial charge is 0.378 e. The van der Waals surface area contributed by atoms with E-state index in [1.807, 2.05) is 0 Å². The number of nitrogens with zero attached hydrogens (tertiary/aromatic N) is 2. The van der Waals surface area contributed by atoms with Crippen molar-refractivity contribution >= 4 is 22.8 Å². The topological polar surface area (TPSA) is 42.4 Å². The van der Waals surface area contributed by atoms with E-state index in [4.69, 9.17) is 4.74 Å². The smallest absolute Gasteiger partial charge is 0.186 e. The molecular formula is C13H20N2O2S. The summed E-state index contributed by atoms with van der Waals surface area (Å²) in [6, 6.07) is 0.569. The second kappa shape index (κ2) is 6.29. The molecule has 0 radical (unpaired) electrons. The number of methoxy groups -OCH3 is 1. The number of hydrogen-bond donors (Lipinski definition) is 0. The van der Waals surface area contributed by atoms with Crippen LogP contribution >= 0.6 is 11.3 Å². The molecule has 100 valence electrons. The van der Waals surface area contributed by atoms with Crippen molar-refractivity contribution in [2.75, 3.05) is 19.1 Å². The van der Waals surface area contributed by atoms with Gasteiger partial charge in [0.15, 0.2) is 11.4 Å². The molecule has 0 N–H and O–H groups in total. The van der Waals surface area contributed by atoms with Gasteiger partial charge in [-0.3, -0.25) is 4.79 Å². The zero-order chi connectivity index (χ0) is 13.0. The van der Waals surface area contributed by atoms with Crippen molar-refractivity contribution in [3.63, 3.8) is 0 Å². The van der Waals surface area contributed by atoms with Crippen LogP contribution in [0.25, 0.3) is 0 Å². The summed E-state index contributed by atoms with van der Waals surface area (Å²) in [6.45, 7) is 0.406. The standard InChI is InChI=1S/C13H20N2O2S/c1-15(10-6-4-3-5-7-10)13-14-11(9-17-2)12(8-16)18-13/h8,10H,3-7,9H2,1-2H3. The Bertz CT molecular complexity index is 400. The van der Waals surface area contributed by atoms with Crippen LogP contribution in [0, 0.1) is 0 Å². The summed E-state index contributed by atoms with van der Waals surface area (Å²) in [5.74, 6) is 0. The fourth-order valence-electron chi connectivity index (χ4n) is 2.46. The molecule has 1 heterocycles. The van der Waals surface area contributed by atoms with Crippen LogP contribution in [0.4, 0.5) is 5.13 Å². The minimum absolute atomic E-state index is 0.406. The second-order valence-corrected chi connectivity index (χ2v) is 5.77. The highest BCUT2D eigenvalue weighted by Crippen LogP contribution is 2.30. The lowest BCUT2D eigenvalue weighted by molar-refractivity contribution is 0.112. The highest BCUT2D eigenvalue weighted by molar-refractivity contribution is 7.17. The van der Waals surface area contributed by atoms with Gasteiger partial charge < -0.3 is 9.64 Å². The maximum Gasteiger partial charge on any atom is 0.186 e. The first kappa shape index (κ1) is 13.5. The van der Waals surface area contributed by atoms with Gasteiger partial charge in [-0.1, -0.05) is 30.6 Å². The Labute approximate surface area is 112 Å². The van der Waals surface area contributed by atoms with Crippen molar-refractivity contribution in [2.45, 2.75) is 44.8 Å². The van der Waals surface area contributed by atoms with E-state index < -0.39 is 0 Å². The Hall–Kier alpha value is -0.940. The molecule has 18 heavy (non-hydrogen) atoms. The molecule has 0 aliphatic heterocycles. The van der Waals surface area contributed by atoms with Crippen molar-refractivity contribution < 1.29 is 9.53 Å². The highest BCUT2D eigenvalue weighted by atomic mass is 32.1. The average Bonchev–Trinajstić information content (AvgIpc) is 2.82. The molecule has 1 aliphatic carbocycles. The number of ether oxygens (including phenoxy) is 1. The van der Waals surface area contributed by atoms with Crippen LogP contribution in [-0.4, -0.2) is 31.5 Å². The van der Waals surface area contributed by atoms with Crippen molar-refractivity contribution in [3.8, 4) is 0 Å². The fourth-order valence-corrected chi connectivity index (χ4v) is 3.37. The summed E-state index contributed by atoms with van der Waals surface area (Å²) in [4.78, 5) is 18.5. The summed E-state index contributed by atoms with van der Waals surface area (Å²) in [5, 5.41) is 0.941. The third-order valence-electron chi connectivity index (χ3n) is 3.53. The van der Waals surface area contributed by atoms with E-state index in [0.29, 0.717) is 17.5 Å². The molecule has 0 atom stereocenters. The van der Waals surface area contributed by atoms with E-state index in [2.05, 4.69) is 16.9 Å². The van der Waals surface area contributed by atoms with E-state index >= 15 is 0 Å². The number of anilines is 1. The molecule has 0 bridgehead atoms. The predicted octanol–water partition coefficient (Wildman–Crippen LogP) is 2.87. The van der Waals surface area contributed by atoms with Crippen LogP contribution in [0.1, 0.15) is 47.5 Å². The van der Waals surface area contributed by atoms with Gasteiger partial charge in [0.1, 0.15) is 0 Å². The second-order valence-electron chi connectivity index (χ2n) is 4.76. The minimum atomic E-state index is 0.406. The molecule has 1 saturated carbocycles. The molecule has 2 rings (SSSR count). The first-order valence-corrected chi connectivity index (χ1v) is 7.24. The van der Waals surface area contributed by atoms with E-state index in [0.717, 1.165) is 17.1 Å². The Kier molecular flexibility index (Phi) is 4.72. The first-order valence-electron chi connectivity index (χ1n) is 6.43. The van der Waals surface area contributed by atoms with Crippen LogP contribution in [-0.2, 0) is 11.3 Å². The highest BCUT2D eigenvalue weighted by Gasteiger charge is 2.22. The Morgan fingerprint density at radius 3 is 2.78 bits per heavy atom. The molecule has 0 saturated heterocycles. The van der Waals surface area contributed by atoms with Gasteiger partial charge >= 0.3 is 0 Å². The summed E-state index contributed by atoms with van der Waals surface area (Å²) >= 11 is 1.47. The lowest BCUT2D eigenvalue weighted by Crippen LogP contribution is -2.33. The third kappa shape index (κ3) is 2.90. The van der Waals surface area contributed by atoms with E-state index in [-0.39, 0.29) is 0 Å². The van der Waals surface area contributed by atoms with Gasteiger partial charge in [0, 0.05) is 20.2 Å². The van der Waals surface area contributed by atoms with Gasteiger partial charge in [-0.15, -0.1) is 0 Å². The maximum absolute atomic E-state index is 11.0. The Morgan fingerprint density at radius 2 is 2.17 bits per heavy atom. The van der Waals surface area contributed by atoms with E-state index in [9.17, 15) is 4.79 Å². The van der Waals surface area contributed by atoms with Gasteiger partial charge in [0.05, 0.1) is 17.2 Å². The monoisotopic (exact) mass is 268 g/mol. The Balaban J connectivity index is 2.13. The third-order valence-corrected chi connectivity index (χ3v) is 4.64. The number of carbonyl (C=O) groups is 1. The van der Waals surface area contributed by atoms with Crippen molar-refractivity contribution in [1.82, 2.24) is 4.98 Å². The van der Waals surface area contributed by atoms with Gasteiger partial charge in [0.2, 0.25) is 0 Å². The van der Waals surface area contributed by atoms with Gasteiger partial charge in [-0.05, 0) is 12.8 Å². The van der Waals surface area contributed by atoms with Crippen LogP contribution < -0.4 is 4.90 Å². The molecule has 0 aromatic carbocycles. The fraction of sp³-hybridized carbons (Fsp3) is 0.692. The molecule has 4 nitrogen and oxygen atoms in total. The van der Waals surface area contributed by atoms with Gasteiger partial charge in [-0.2, -0.15) is 0 Å². The molecule has 5 heteroatoms. The van der Waals surface area contributed by atoms with Crippen LogP contribution in [0.15, 0.2) is 0 Å². The van der Waals surface area contributed by atoms with Crippen LogP contribution in [0.5, 0.6) is 0 Å². The molecule has 1 aromatic rings. The molecule has 0 spiro atoms. The molecule has 0 amide bonds. The number of hydrogen-bond acceptors (Lipinski definition) is 5. The van der Waals surface area contributed by atoms with E-state index in [1.54, 1.807) is 7.11 Å². The van der Waals surface area contributed by atoms with Gasteiger partial charge in [-0.25, -0.2) is 4.98 Å². The van der Waals surface area contributed by atoms with Crippen molar-refractivity contribution in [1.29, 1.82) is 0 Å². The first-order chi connectivity index (χ1) is 8.76. The maximum atomic E-state index is 11.0. The lowest BCUT2D eigenvalue weighted by atomic mass is 9.95. The van der Waals surface area contributed by atoms with Crippen molar-refractivity contribution in [3.05, 3.63) is 10.6 Å². The number of aromatic nitrogens is 1. The number of thiazole rings is 1. The van der Waals surface area contributed by atoms with Crippen LogP contribution in [0.3, 0.4) is 0 Å². The zero-order valence-electron chi connectivity index (χ0n) is 11.0. The minimum Gasteiger partial charge on any atom is -0.378 e. The molecule has 1 fully saturated rings. The lowest BCUT2D eigenvalue weighted by Gasteiger charge is -2.30. The normalized spacial score (nSPS) is 16.8. The van der Waals surface area contributed by atoms with E-state index in [1.165, 1.54) is 43.4 Å². The summed E-state index contributed by atoms with van der Waals surface area (Å²) < 4.78 is 5.08. The number of rotatable bonds is 5. The number of carbonyl (C=O) groups excluding carboxylic acids is 1. The van der Waals surface area contributed by atoms with Gasteiger partial charge in [0.25, 0.3) is 0 Å². The summed E-state index contributed by atoms with van der Waals surface area (Å²) in [6.07, 6.45) is 7.27. The average molecular weight is 268 g/mol. The van der Waals surface area contributed by atoms with Crippen molar-refractivity contribution in [2.24, 2.45) is 0 Å². The van der Waals surface area contributed by atoms with Crippen LogP contribution in [0.2, 0.25) is 0 Å². The quantitative estimate of drug-likeness (QED) is 0.770. The Morgan fingerprint density at radius 1 is 1.44 bits per heavy atom. The number of aldehydes is 1. The molecule has 0 unspecified atom stereocenters. The summed E-state index contributed by atoms with van der Waals surface area (Å²) in [5.41, 5.74) is 0.759. The molecular weight excluding hydrogens is 248 g/mol. The molecule has 1 aromatic heterocycles.